The van der Waals surface area contributed by atoms with Gasteiger partial charge in [0.25, 0.3) is 0 Å². The zero-order valence-corrected chi connectivity index (χ0v) is 13.2. The Bertz CT molecular complexity index is 580. The van der Waals surface area contributed by atoms with Crippen LogP contribution >= 0.6 is 0 Å². The number of carbonyl (C=O) groups excluding carboxylic acids is 1. The standard InChI is InChI=1S/C15H21N5O3/c1-3-22-14(23-4-2)11-16-15(21)19-12-5-7-13(8-6-12)20-17-9-10-18-20/h5-10,14H,3-4,11H2,1-2H3,(H2,16,19,21). The predicted octanol–water partition coefficient (Wildman–Crippen LogP) is 1.79. The molecule has 2 rings (SSSR count). The van der Waals surface area contributed by atoms with Crippen LogP contribution in [-0.4, -0.2) is 47.1 Å². The van der Waals surface area contributed by atoms with Crippen LogP contribution in [-0.2, 0) is 9.47 Å². The Hall–Kier alpha value is -2.45. The first-order valence-corrected chi connectivity index (χ1v) is 7.47. The first kappa shape index (κ1) is 16.9. The molecule has 0 radical (unpaired) electrons. The smallest absolute Gasteiger partial charge is 0.319 e. The number of urea groups is 1. The summed E-state index contributed by atoms with van der Waals surface area (Å²) in [4.78, 5) is 13.4. The van der Waals surface area contributed by atoms with Crippen molar-refractivity contribution in [2.45, 2.75) is 20.1 Å². The molecule has 1 aromatic heterocycles. The molecule has 23 heavy (non-hydrogen) atoms. The normalized spacial score (nSPS) is 10.7. The molecule has 0 fully saturated rings. The molecule has 8 nitrogen and oxygen atoms in total. The molecule has 1 aromatic carbocycles. The largest absolute Gasteiger partial charge is 0.351 e. The molecule has 0 spiro atoms. The molecule has 0 unspecified atom stereocenters. The van der Waals surface area contributed by atoms with E-state index < -0.39 is 6.29 Å². The van der Waals surface area contributed by atoms with Gasteiger partial charge < -0.3 is 20.1 Å². The van der Waals surface area contributed by atoms with E-state index >= 15 is 0 Å². The van der Waals surface area contributed by atoms with Crippen molar-refractivity contribution in [3.8, 4) is 5.69 Å². The highest BCUT2D eigenvalue weighted by Crippen LogP contribution is 2.11. The number of amides is 2. The lowest BCUT2D eigenvalue weighted by Gasteiger charge is -2.17. The predicted molar refractivity (Wildman–Crippen MR) is 85.4 cm³/mol. The van der Waals surface area contributed by atoms with Gasteiger partial charge in [0.15, 0.2) is 6.29 Å². The summed E-state index contributed by atoms with van der Waals surface area (Å²) in [6, 6.07) is 6.87. The summed E-state index contributed by atoms with van der Waals surface area (Å²) < 4.78 is 10.7. The molecular weight excluding hydrogens is 298 g/mol. The van der Waals surface area contributed by atoms with Gasteiger partial charge in [-0.2, -0.15) is 15.0 Å². The molecule has 0 aliphatic rings. The molecule has 0 aliphatic carbocycles. The zero-order valence-electron chi connectivity index (χ0n) is 13.2. The lowest BCUT2D eigenvalue weighted by molar-refractivity contribution is -0.131. The lowest BCUT2D eigenvalue weighted by Crippen LogP contribution is -2.37. The molecule has 0 aliphatic heterocycles. The number of hydrogen-bond acceptors (Lipinski definition) is 5. The summed E-state index contributed by atoms with van der Waals surface area (Å²) in [5, 5.41) is 13.5. The summed E-state index contributed by atoms with van der Waals surface area (Å²) in [6.45, 7) is 5.08. The van der Waals surface area contributed by atoms with Crippen LogP contribution in [0.2, 0.25) is 0 Å². The molecule has 0 bridgehead atoms. The van der Waals surface area contributed by atoms with E-state index in [0.717, 1.165) is 5.69 Å². The summed E-state index contributed by atoms with van der Waals surface area (Å²) >= 11 is 0. The lowest BCUT2D eigenvalue weighted by atomic mass is 10.3. The number of benzene rings is 1. The zero-order chi connectivity index (χ0) is 16.5. The highest BCUT2D eigenvalue weighted by atomic mass is 16.7. The minimum absolute atomic E-state index is 0.281. The Labute approximate surface area is 134 Å². The second-order valence-corrected chi connectivity index (χ2v) is 4.54. The van der Waals surface area contributed by atoms with Gasteiger partial charge >= 0.3 is 6.03 Å². The Morgan fingerprint density at radius 1 is 1.13 bits per heavy atom. The summed E-state index contributed by atoms with van der Waals surface area (Å²) in [6.07, 6.45) is 2.77. The second kappa shape index (κ2) is 8.86. The number of nitrogens with zero attached hydrogens (tertiary/aromatic N) is 3. The van der Waals surface area contributed by atoms with Gasteiger partial charge in [-0.25, -0.2) is 4.79 Å². The van der Waals surface area contributed by atoms with Gasteiger partial charge in [0.1, 0.15) is 0 Å². The molecule has 0 saturated heterocycles. The van der Waals surface area contributed by atoms with Crippen LogP contribution in [0, 0.1) is 0 Å². The average molecular weight is 319 g/mol. The minimum atomic E-state index is -0.441. The maximum absolute atomic E-state index is 11.9. The highest BCUT2D eigenvalue weighted by Gasteiger charge is 2.10. The topological polar surface area (TPSA) is 90.3 Å². The second-order valence-electron chi connectivity index (χ2n) is 4.54. The monoisotopic (exact) mass is 319 g/mol. The van der Waals surface area contributed by atoms with Gasteiger partial charge in [-0.1, -0.05) is 0 Å². The molecule has 0 atom stereocenters. The van der Waals surface area contributed by atoms with Gasteiger partial charge in [0.2, 0.25) is 0 Å². The maximum atomic E-state index is 11.9. The number of carbonyl (C=O) groups is 1. The van der Waals surface area contributed by atoms with Crippen LogP contribution in [0.5, 0.6) is 0 Å². The maximum Gasteiger partial charge on any atom is 0.319 e. The average Bonchev–Trinajstić information content (AvgIpc) is 3.08. The quantitative estimate of drug-likeness (QED) is 0.724. The Morgan fingerprint density at radius 3 is 2.30 bits per heavy atom. The molecule has 0 saturated carbocycles. The van der Waals surface area contributed by atoms with Gasteiger partial charge in [-0.3, -0.25) is 0 Å². The van der Waals surface area contributed by atoms with Gasteiger partial charge in [0, 0.05) is 18.9 Å². The van der Waals surface area contributed by atoms with Crippen molar-refractivity contribution in [2.24, 2.45) is 0 Å². The van der Waals surface area contributed by atoms with Gasteiger partial charge in [-0.15, -0.1) is 0 Å². The van der Waals surface area contributed by atoms with Crippen LogP contribution in [0.25, 0.3) is 5.69 Å². The van der Waals surface area contributed by atoms with Crippen LogP contribution in [0.1, 0.15) is 13.8 Å². The first-order valence-electron chi connectivity index (χ1n) is 7.47. The van der Waals surface area contributed by atoms with E-state index in [1.807, 2.05) is 26.0 Å². The third-order valence-electron chi connectivity index (χ3n) is 2.91. The van der Waals surface area contributed by atoms with Crippen molar-refractivity contribution >= 4 is 11.7 Å². The highest BCUT2D eigenvalue weighted by molar-refractivity contribution is 5.89. The van der Waals surface area contributed by atoms with E-state index in [1.165, 1.54) is 4.80 Å². The molecular formula is C15H21N5O3. The summed E-state index contributed by atoms with van der Waals surface area (Å²) in [5.41, 5.74) is 1.48. The van der Waals surface area contributed by atoms with Crippen molar-refractivity contribution in [3.05, 3.63) is 36.7 Å². The van der Waals surface area contributed by atoms with E-state index in [-0.39, 0.29) is 12.6 Å². The Morgan fingerprint density at radius 2 is 1.74 bits per heavy atom. The third-order valence-corrected chi connectivity index (χ3v) is 2.91. The number of hydrogen-bond donors (Lipinski definition) is 2. The fourth-order valence-electron chi connectivity index (χ4n) is 1.92. The number of ether oxygens (including phenoxy) is 2. The Balaban J connectivity index is 1.83. The van der Waals surface area contributed by atoms with Gasteiger partial charge in [0.05, 0.1) is 24.6 Å². The number of nitrogens with one attached hydrogen (secondary N) is 2. The fourth-order valence-corrected chi connectivity index (χ4v) is 1.92. The minimum Gasteiger partial charge on any atom is -0.351 e. The fraction of sp³-hybridized carbons (Fsp3) is 0.400. The first-order chi connectivity index (χ1) is 11.2. The van der Waals surface area contributed by atoms with Crippen molar-refractivity contribution in [3.63, 3.8) is 0 Å². The molecule has 124 valence electrons. The van der Waals surface area contributed by atoms with E-state index in [4.69, 9.17) is 9.47 Å². The van der Waals surface area contributed by atoms with Crippen LogP contribution < -0.4 is 10.6 Å². The van der Waals surface area contributed by atoms with E-state index in [9.17, 15) is 4.79 Å². The number of aromatic nitrogens is 3. The van der Waals surface area contributed by atoms with Crippen LogP contribution in [0.3, 0.4) is 0 Å². The molecule has 2 amide bonds. The Kier molecular flexibility index (Phi) is 6.52. The summed E-state index contributed by atoms with van der Waals surface area (Å²) in [5.74, 6) is 0. The van der Waals surface area contributed by atoms with Crippen LogP contribution in [0.4, 0.5) is 10.5 Å². The molecule has 8 heteroatoms. The van der Waals surface area contributed by atoms with E-state index in [2.05, 4.69) is 20.8 Å². The van der Waals surface area contributed by atoms with Crippen molar-refractivity contribution in [1.82, 2.24) is 20.3 Å². The van der Waals surface area contributed by atoms with Gasteiger partial charge in [-0.05, 0) is 38.1 Å². The van der Waals surface area contributed by atoms with Crippen molar-refractivity contribution < 1.29 is 14.3 Å². The van der Waals surface area contributed by atoms with Crippen molar-refractivity contribution in [2.75, 3.05) is 25.1 Å². The number of anilines is 1. The SMILES string of the molecule is CCOC(CNC(=O)Nc1ccc(-n2nccn2)cc1)OCC. The molecule has 1 heterocycles. The van der Waals surface area contributed by atoms with E-state index in [0.29, 0.717) is 18.9 Å². The molecule has 2 aromatic rings. The summed E-state index contributed by atoms with van der Waals surface area (Å²) in [7, 11) is 0. The van der Waals surface area contributed by atoms with E-state index in [1.54, 1.807) is 24.5 Å². The third kappa shape index (κ3) is 5.35. The molecule has 2 N–H and O–H groups in total. The van der Waals surface area contributed by atoms with Crippen LogP contribution in [0.15, 0.2) is 36.7 Å². The number of rotatable bonds is 8. The van der Waals surface area contributed by atoms with Crippen molar-refractivity contribution in [1.29, 1.82) is 0 Å².